The van der Waals surface area contributed by atoms with Crippen molar-refractivity contribution < 1.29 is 18.9 Å². The fourth-order valence-electron chi connectivity index (χ4n) is 5.03. The number of methoxy groups -OCH3 is 1. The molecule has 5 rings (SSSR count). The van der Waals surface area contributed by atoms with Gasteiger partial charge in [-0.3, -0.25) is 0 Å². The van der Waals surface area contributed by atoms with E-state index in [1.54, 1.807) is 7.11 Å². The van der Waals surface area contributed by atoms with E-state index in [1.165, 1.54) is 18.4 Å². The smallest absolute Gasteiger partial charge is 0.231 e. The second-order valence-electron chi connectivity index (χ2n) is 8.79. The van der Waals surface area contributed by atoms with Gasteiger partial charge in [0.25, 0.3) is 0 Å². The summed E-state index contributed by atoms with van der Waals surface area (Å²) in [5.41, 5.74) is 5.07. The first-order chi connectivity index (χ1) is 16.4. The number of fused-ring (bicyclic) bond motifs is 5. The fraction of sp³-hybridized carbons (Fsp3) is 0.462. The normalized spacial score (nSPS) is 18.1. The number of nitrogens with zero attached hydrogens (tertiary/aromatic N) is 1. The number of benzene rings is 2. The minimum Gasteiger partial charge on any atom is -0.493 e. The molecule has 182 valence electrons. The lowest BCUT2D eigenvalue weighted by Crippen LogP contribution is -2.41. The van der Waals surface area contributed by atoms with Crippen molar-refractivity contribution in [3.63, 3.8) is 0 Å². The van der Waals surface area contributed by atoms with Crippen molar-refractivity contribution in [3.8, 4) is 23.0 Å². The number of rotatable bonds is 7. The molecule has 3 heterocycles. The van der Waals surface area contributed by atoms with Crippen LogP contribution < -0.4 is 18.9 Å². The number of alkyl halides is 3. The Bertz CT molecular complexity index is 1110. The van der Waals surface area contributed by atoms with Crippen LogP contribution in [0.1, 0.15) is 60.9 Å². The third-order valence-electron chi connectivity index (χ3n) is 6.65. The van der Waals surface area contributed by atoms with E-state index in [9.17, 15) is 0 Å². The van der Waals surface area contributed by atoms with E-state index in [1.807, 2.05) is 18.2 Å². The summed E-state index contributed by atoms with van der Waals surface area (Å²) in [4.78, 5) is 2.17. The van der Waals surface area contributed by atoms with Gasteiger partial charge in [-0.05, 0) is 48.2 Å². The van der Waals surface area contributed by atoms with E-state index in [-0.39, 0.29) is 6.79 Å². The van der Waals surface area contributed by atoms with E-state index in [0.717, 1.165) is 53.1 Å². The topological polar surface area (TPSA) is 40.2 Å². The summed E-state index contributed by atoms with van der Waals surface area (Å²) in [6, 6.07) is 7.49. The molecule has 0 spiro atoms. The van der Waals surface area contributed by atoms with Crippen molar-refractivity contribution in [1.29, 1.82) is 0 Å². The van der Waals surface area contributed by atoms with Gasteiger partial charge < -0.3 is 23.8 Å². The van der Waals surface area contributed by atoms with E-state index in [4.69, 9.17) is 53.8 Å². The molecule has 0 amide bonds. The molecule has 5 nitrogen and oxygen atoms in total. The van der Waals surface area contributed by atoms with Gasteiger partial charge in [-0.15, -0.1) is 0 Å². The summed E-state index contributed by atoms with van der Waals surface area (Å²) in [7, 11) is 1.64. The van der Waals surface area contributed by atoms with Gasteiger partial charge in [-0.2, -0.15) is 0 Å². The summed E-state index contributed by atoms with van der Waals surface area (Å²) >= 11 is 20.0. The van der Waals surface area contributed by atoms with Gasteiger partial charge in [0.05, 0.1) is 13.7 Å². The van der Waals surface area contributed by atoms with Crippen molar-refractivity contribution in [2.24, 2.45) is 0 Å². The van der Waals surface area contributed by atoms with Crippen LogP contribution in [0.3, 0.4) is 0 Å². The molecule has 0 aliphatic carbocycles. The Hall–Kier alpha value is -1.95. The molecule has 0 aromatic heterocycles. The Balaban J connectivity index is 1.61. The Morgan fingerprint density at radius 2 is 1.88 bits per heavy atom. The lowest BCUT2D eigenvalue weighted by molar-refractivity contribution is 0.174. The highest BCUT2D eigenvalue weighted by atomic mass is 35.6. The third-order valence-corrected chi connectivity index (χ3v) is 7.27. The minimum absolute atomic E-state index is 0.235. The van der Waals surface area contributed by atoms with E-state index in [2.05, 4.69) is 24.0 Å². The number of hydrogen-bond donors (Lipinski definition) is 0. The summed E-state index contributed by atoms with van der Waals surface area (Å²) in [5, 5.41) is 0. The minimum atomic E-state index is -1.59. The Morgan fingerprint density at radius 3 is 2.62 bits per heavy atom. The largest absolute Gasteiger partial charge is 0.493 e. The van der Waals surface area contributed by atoms with Crippen LogP contribution >= 0.6 is 34.8 Å². The first kappa shape index (κ1) is 23.8. The molecule has 8 heteroatoms. The average molecular weight is 525 g/mol. The molecule has 0 N–H and O–H groups in total. The third kappa shape index (κ3) is 4.27. The standard InChI is InChI=1S/C26H28Cl3NO4/c1-3-4-5-6-11-32-24-20(31-2)8-7-17-12-19-18-14-22-21(33-15-34-22)13-16(18)9-10-30(19)25(23(17)24)26(27,28)29/h7-8,12-14,25H,3-6,9-11,15H2,1-2H3. The lowest BCUT2D eigenvalue weighted by atomic mass is 9.86. The fourth-order valence-corrected chi connectivity index (χ4v) is 5.71. The Kier molecular flexibility index (Phi) is 6.71. The van der Waals surface area contributed by atoms with Crippen LogP contribution in [0.15, 0.2) is 24.3 Å². The van der Waals surface area contributed by atoms with Crippen molar-refractivity contribution in [1.82, 2.24) is 4.90 Å². The predicted molar refractivity (Wildman–Crippen MR) is 137 cm³/mol. The van der Waals surface area contributed by atoms with E-state index < -0.39 is 9.83 Å². The van der Waals surface area contributed by atoms with Crippen LogP contribution in [-0.2, 0) is 6.42 Å². The Labute approximate surface area is 215 Å². The zero-order valence-electron chi connectivity index (χ0n) is 19.3. The highest BCUT2D eigenvalue weighted by molar-refractivity contribution is 6.68. The molecular weight excluding hydrogens is 497 g/mol. The molecule has 3 aliphatic rings. The summed E-state index contributed by atoms with van der Waals surface area (Å²) in [5.74, 6) is 2.82. The van der Waals surface area contributed by atoms with Gasteiger partial charge in [0.15, 0.2) is 23.0 Å². The highest BCUT2D eigenvalue weighted by Crippen LogP contribution is 2.56. The molecule has 1 atom stereocenters. The van der Waals surface area contributed by atoms with Crippen molar-refractivity contribution in [3.05, 3.63) is 46.5 Å². The highest BCUT2D eigenvalue weighted by Gasteiger charge is 2.46. The molecule has 1 unspecified atom stereocenters. The molecule has 0 fully saturated rings. The summed E-state index contributed by atoms with van der Waals surface area (Å²) in [6.45, 7) is 3.71. The molecule has 2 aromatic rings. The number of ether oxygens (including phenoxy) is 4. The van der Waals surface area contributed by atoms with Crippen molar-refractivity contribution in [2.45, 2.75) is 48.9 Å². The molecule has 34 heavy (non-hydrogen) atoms. The monoisotopic (exact) mass is 523 g/mol. The second-order valence-corrected chi connectivity index (χ2v) is 11.2. The van der Waals surface area contributed by atoms with Crippen LogP contribution in [0.4, 0.5) is 0 Å². The molecule has 2 aromatic carbocycles. The average Bonchev–Trinajstić information content (AvgIpc) is 3.27. The van der Waals surface area contributed by atoms with Crippen molar-refractivity contribution in [2.75, 3.05) is 27.1 Å². The van der Waals surface area contributed by atoms with Gasteiger partial charge in [0.1, 0.15) is 6.04 Å². The van der Waals surface area contributed by atoms with Crippen LogP contribution in [0.25, 0.3) is 11.8 Å². The van der Waals surface area contributed by atoms with E-state index in [0.29, 0.717) is 24.7 Å². The van der Waals surface area contributed by atoms with E-state index >= 15 is 0 Å². The number of halogens is 3. The van der Waals surface area contributed by atoms with Crippen LogP contribution in [0, 0.1) is 0 Å². The zero-order chi connectivity index (χ0) is 23.9. The van der Waals surface area contributed by atoms with Gasteiger partial charge in [0.2, 0.25) is 10.6 Å². The zero-order valence-corrected chi connectivity index (χ0v) is 21.6. The SMILES string of the molecule is CCCCCCOc1c(OC)ccc2c1C(C(Cl)(Cl)Cl)N1CCc3cc4c(cc3C1=C2)OCO4. The van der Waals surface area contributed by atoms with Gasteiger partial charge in [-0.1, -0.05) is 67.1 Å². The van der Waals surface area contributed by atoms with Gasteiger partial charge >= 0.3 is 0 Å². The second kappa shape index (κ2) is 9.60. The molecular formula is C26H28Cl3NO4. The number of hydrogen-bond acceptors (Lipinski definition) is 5. The summed E-state index contributed by atoms with van der Waals surface area (Å²) in [6.07, 6.45) is 7.37. The number of unbranched alkanes of at least 4 members (excludes halogenated alkanes) is 3. The van der Waals surface area contributed by atoms with Crippen LogP contribution in [0.5, 0.6) is 23.0 Å². The van der Waals surface area contributed by atoms with Gasteiger partial charge in [0, 0.05) is 23.4 Å². The quantitative estimate of drug-likeness (QED) is 0.284. The molecule has 0 bridgehead atoms. The van der Waals surface area contributed by atoms with Gasteiger partial charge in [-0.25, -0.2) is 0 Å². The first-order valence-electron chi connectivity index (χ1n) is 11.7. The molecule has 3 aliphatic heterocycles. The maximum atomic E-state index is 6.67. The Morgan fingerprint density at radius 1 is 1.09 bits per heavy atom. The first-order valence-corrected chi connectivity index (χ1v) is 12.9. The lowest BCUT2D eigenvalue weighted by Gasteiger charge is -2.46. The molecule has 0 saturated carbocycles. The maximum Gasteiger partial charge on any atom is 0.231 e. The maximum absolute atomic E-state index is 6.67. The molecule has 0 radical (unpaired) electrons. The molecule has 0 saturated heterocycles. The summed E-state index contributed by atoms with van der Waals surface area (Å²) < 4.78 is 21.6. The predicted octanol–water partition coefficient (Wildman–Crippen LogP) is 7.16. The van der Waals surface area contributed by atoms with Crippen LogP contribution in [0.2, 0.25) is 0 Å². The van der Waals surface area contributed by atoms with Crippen molar-refractivity contribution >= 4 is 46.6 Å². The van der Waals surface area contributed by atoms with Crippen LogP contribution in [-0.4, -0.2) is 35.7 Å².